The van der Waals surface area contributed by atoms with Gasteiger partial charge in [-0.25, -0.2) is 0 Å². The number of amides is 1. The summed E-state index contributed by atoms with van der Waals surface area (Å²) in [5.41, 5.74) is 16.2. The first-order valence-electron chi connectivity index (χ1n) is 4.14. The largest absolute Gasteiger partial charge is 0.369 e. The van der Waals surface area contributed by atoms with Gasteiger partial charge in [-0.1, -0.05) is 0 Å². The normalized spacial score (nSPS) is 14.9. The quantitative estimate of drug-likeness (QED) is 0.248. The van der Waals surface area contributed by atoms with Crippen LogP contribution in [0.15, 0.2) is 9.98 Å². The maximum absolute atomic E-state index is 11.2. The first-order valence-corrected chi connectivity index (χ1v) is 4.77. The highest BCUT2D eigenvalue weighted by Crippen LogP contribution is 1.88. The van der Waals surface area contributed by atoms with E-state index in [9.17, 15) is 4.79 Å². The molecule has 0 rings (SSSR count). The molecule has 0 aromatic carbocycles. The summed E-state index contributed by atoms with van der Waals surface area (Å²) in [5, 5.41) is 0. The Labute approximate surface area is 93.8 Å². The zero-order chi connectivity index (χ0) is 12.0. The van der Waals surface area contributed by atoms with Crippen LogP contribution in [0, 0.1) is 0 Å². The molecule has 8 heteroatoms. The molecule has 86 valence electrons. The number of rotatable bonds is 2. The molecule has 0 aliphatic carbocycles. The minimum absolute atomic E-state index is 0.156. The maximum Gasteiger partial charge on any atom is 0.266 e. The number of hydrogen-bond acceptors (Lipinski definition) is 3. The number of guanidine groups is 2. The van der Waals surface area contributed by atoms with Crippen molar-refractivity contribution in [3.8, 4) is 0 Å². The average Bonchev–Trinajstić information content (AvgIpc) is 2.15. The fraction of sp³-hybridized carbons (Fsp3) is 0.571. The summed E-state index contributed by atoms with van der Waals surface area (Å²) in [6.07, 6.45) is 0. The van der Waals surface area contributed by atoms with Crippen LogP contribution in [0.2, 0.25) is 0 Å². The Kier molecular flexibility index (Phi) is 5.72. The van der Waals surface area contributed by atoms with Gasteiger partial charge in [0, 0.05) is 19.8 Å². The van der Waals surface area contributed by atoms with Gasteiger partial charge in [0.05, 0.1) is 6.04 Å². The van der Waals surface area contributed by atoms with E-state index in [0.29, 0.717) is 0 Å². The van der Waals surface area contributed by atoms with Crippen LogP contribution in [0.1, 0.15) is 0 Å². The number of carbonyl (C=O) groups is 1. The van der Waals surface area contributed by atoms with Gasteiger partial charge in [-0.3, -0.25) is 4.79 Å². The molecular weight excluding hydrogens is 216 g/mol. The van der Waals surface area contributed by atoms with Gasteiger partial charge in [-0.2, -0.15) is 22.6 Å². The molecule has 7 nitrogen and oxygen atoms in total. The van der Waals surface area contributed by atoms with Crippen LogP contribution in [0.3, 0.4) is 0 Å². The minimum Gasteiger partial charge on any atom is -0.369 e. The van der Waals surface area contributed by atoms with E-state index in [-0.39, 0.29) is 17.7 Å². The Balaban J connectivity index is 4.58. The number of nitrogens with two attached hydrogens (primary N) is 3. The zero-order valence-corrected chi connectivity index (χ0v) is 9.61. The molecule has 15 heavy (non-hydrogen) atoms. The summed E-state index contributed by atoms with van der Waals surface area (Å²) in [6.45, 7) is 0. The van der Waals surface area contributed by atoms with Gasteiger partial charge >= 0.3 is 0 Å². The Hall–Kier alpha value is -1.28. The molecule has 0 aromatic heterocycles. The smallest absolute Gasteiger partial charge is 0.266 e. The van der Waals surface area contributed by atoms with E-state index >= 15 is 0 Å². The molecule has 1 atom stereocenters. The van der Waals surface area contributed by atoms with Crippen molar-refractivity contribution in [3.63, 3.8) is 0 Å². The van der Waals surface area contributed by atoms with Crippen LogP contribution >= 0.6 is 12.6 Å². The van der Waals surface area contributed by atoms with Crippen molar-refractivity contribution >= 4 is 30.5 Å². The summed E-state index contributed by atoms with van der Waals surface area (Å²) in [6, 6.07) is -0.775. The van der Waals surface area contributed by atoms with Crippen molar-refractivity contribution in [3.05, 3.63) is 0 Å². The lowest BCUT2D eigenvalue weighted by molar-refractivity contribution is -0.118. The third kappa shape index (κ3) is 5.23. The summed E-state index contributed by atoms with van der Waals surface area (Å²) in [5.74, 6) is -0.438. The van der Waals surface area contributed by atoms with Crippen molar-refractivity contribution in [2.45, 2.75) is 6.04 Å². The second-order valence-electron chi connectivity index (χ2n) is 2.96. The fourth-order valence-electron chi connectivity index (χ4n) is 0.516. The molecule has 0 aliphatic rings. The summed E-state index contributed by atoms with van der Waals surface area (Å²) in [4.78, 5) is 19.8. The van der Waals surface area contributed by atoms with Crippen LogP contribution in [-0.4, -0.2) is 48.6 Å². The van der Waals surface area contributed by atoms with Crippen LogP contribution in [0.25, 0.3) is 0 Å². The molecule has 0 unspecified atom stereocenters. The van der Waals surface area contributed by atoms with E-state index < -0.39 is 11.9 Å². The first-order chi connectivity index (χ1) is 6.88. The van der Waals surface area contributed by atoms with E-state index in [2.05, 4.69) is 22.6 Å². The molecule has 0 radical (unpaired) electrons. The SMILES string of the molecule is CN(C)C(N)=NC(N)=NC(=O)[C@@H](N)CS. The Morgan fingerprint density at radius 3 is 2.33 bits per heavy atom. The third-order valence-electron chi connectivity index (χ3n) is 1.43. The predicted molar refractivity (Wildman–Crippen MR) is 63.8 cm³/mol. The Morgan fingerprint density at radius 2 is 1.93 bits per heavy atom. The van der Waals surface area contributed by atoms with Crippen LogP contribution in [0.4, 0.5) is 0 Å². The molecule has 0 fully saturated rings. The fourth-order valence-corrected chi connectivity index (χ4v) is 0.672. The lowest BCUT2D eigenvalue weighted by Crippen LogP contribution is -2.34. The van der Waals surface area contributed by atoms with Gasteiger partial charge in [0.2, 0.25) is 5.96 Å². The standard InChI is InChI=1S/C7H16N6OS/c1-13(2)7(10)12-6(9)11-5(14)4(8)3-15/h4,15H,3,8H2,1-2H3,(H4,9,10,11,12,14)/t4-/m0/s1. The van der Waals surface area contributed by atoms with Gasteiger partial charge in [0.25, 0.3) is 5.91 Å². The number of carbonyl (C=O) groups excluding carboxylic acids is 1. The predicted octanol–water partition coefficient (Wildman–Crippen LogP) is -2.04. The second-order valence-corrected chi connectivity index (χ2v) is 3.33. The van der Waals surface area contributed by atoms with Crippen LogP contribution in [-0.2, 0) is 4.79 Å². The second kappa shape index (κ2) is 6.25. The van der Waals surface area contributed by atoms with E-state index in [1.165, 1.54) is 4.90 Å². The molecule has 0 spiro atoms. The minimum atomic E-state index is -0.775. The molecule has 6 N–H and O–H groups in total. The lowest BCUT2D eigenvalue weighted by Gasteiger charge is -2.09. The molecule has 0 heterocycles. The molecule has 0 aliphatic heterocycles. The third-order valence-corrected chi connectivity index (χ3v) is 1.82. The van der Waals surface area contributed by atoms with E-state index in [1.807, 2.05) is 0 Å². The van der Waals surface area contributed by atoms with E-state index in [0.717, 1.165) is 0 Å². The van der Waals surface area contributed by atoms with Gasteiger partial charge in [0.1, 0.15) is 0 Å². The van der Waals surface area contributed by atoms with Gasteiger partial charge in [0.15, 0.2) is 5.96 Å². The molecular formula is C7H16N6OS. The lowest BCUT2D eigenvalue weighted by atomic mass is 10.3. The Bertz CT molecular complexity index is 287. The number of hydrogen-bond donors (Lipinski definition) is 4. The highest BCUT2D eigenvalue weighted by atomic mass is 32.1. The maximum atomic E-state index is 11.2. The molecule has 1 amide bonds. The molecule has 0 saturated carbocycles. The number of nitrogens with zero attached hydrogens (tertiary/aromatic N) is 3. The summed E-state index contributed by atoms with van der Waals surface area (Å²) < 4.78 is 0. The monoisotopic (exact) mass is 232 g/mol. The summed E-state index contributed by atoms with van der Waals surface area (Å²) >= 11 is 3.86. The average molecular weight is 232 g/mol. The van der Waals surface area contributed by atoms with Crippen LogP contribution in [0.5, 0.6) is 0 Å². The van der Waals surface area contributed by atoms with Crippen molar-refractivity contribution in [2.75, 3.05) is 19.8 Å². The number of thiol groups is 1. The topological polar surface area (TPSA) is 123 Å². The summed E-state index contributed by atoms with van der Waals surface area (Å²) in [7, 11) is 3.38. The van der Waals surface area contributed by atoms with Crippen molar-refractivity contribution in [1.82, 2.24) is 4.90 Å². The van der Waals surface area contributed by atoms with Gasteiger partial charge in [-0.15, -0.1) is 0 Å². The zero-order valence-electron chi connectivity index (χ0n) is 8.71. The number of aliphatic imine (C=N–C) groups is 2. The molecule has 0 bridgehead atoms. The highest BCUT2D eigenvalue weighted by molar-refractivity contribution is 7.80. The van der Waals surface area contributed by atoms with Crippen LogP contribution < -0.4 is 17.2 Å². The Morgan fingerprint density at radius 1 is 1.40 bits per heavy atom. The molecule has 0 aromatic rings. The van der Waals surface area contributed by atoms with E-state index in [1.54, 1.807) is 14.1 Å². The van der Waals surface area contributed by atoms with Crippen molar-refractivity contribution in [1.29, 1.82) is 0 Å². The van der Waals surface area contributed by atoms with Crippen molar-refractivity contribution in [2.24, 2.45) is 27.2 Å². The highest BCUT2D eigenvalue weighted by Gasteiger charge is 2.10. The molecule has 0 saturated heterocycles. The van der Waals surface area contributed by atoms with Gasteiger partial charge in [-0.05, 0) is 0 Å². The van der Waals surface area contributed by atoms with E-state index in [4.69, 9.17) is 17.2 Å². The first kappa shape index (κ1) is 13.7. The van der Waals surface area contributed by atoms with Gasteiger partial charge < -0.3 is 22.1 Å². The van der Waals surface area contributed by atoms with Crippen molar-refractivity contribution < 1.29 is 4.79 Å².